The zero-order valence-corrected chi connectivity index (χ0v) is 22.1. The van der Waals surface area contributed by atoms with Gasteiger partial charge in [0, 0.05) is 25.4 Å². The third kappa shape index (κ3) is 4.08. The predicted octanol–water partition coefficient (Wildman–Crippen LogP) is 3.38. The number of anilines is 1. The topological polar surface area (TPSA) is 96.4 Å². The Morgan fingerprint density at radius 2 is 1.77 bits per heavy atom. The van der Waals surface area contributed by atoms with Gasteiger partial charge < -0.3 is 24.4 Å². The van der Waals surface area contributed by atoms with E-state index in [0.29, 0.717) is 32.4 Å². The molecule has 0 radical (unpaired) electrons. The van der Waals surface area contributed by atoms with Crippen molar-refractivity contribution < 1.29 is 29.0 Å². The maximum absolute atomic E-state index is 14.5. The van der Waals surface area contributed by atoms with E-state index < -0.39 is 35.0 Å². The van der Waals surface area contributed by atoms with Crippen molar-refractivity contribution in [1.82, 2.24) is 4.90 Å². The highest BCUT2D eigenvalue weighted by Gasteiger charge is 2.74. The van der Waals surface area contributed by atoms with Gasteiger partial charge in [0.05, 0.1) is 18.1 Å². The number of aliphatic hydroxyl groups is 1. The molecule has 4 aliphatic heterocycles. The van der Waals surface area contributed by atoms with Gasteiger partial charge >= 0.3 is 5.97 Å². The molecule has 6 rings (SSSR count). The molecular formula is C31H34N2O6. The van der Waals surface area contributed by atoms with Crippen LogP contribution in [0, 0.1) is 11.8 Å². The Bertz CT molecular complexity index is 1370. The number of benzene rings is 2. The second-order valence-electron chi connectivity index (χ2n) is 11.1. The van der Waals surface area contributed by atoms with E-state index in [2.05, 4.69) is 0 Å². The number of ether oxygens (including phenoxy) is 2. The fraction of sp³-hybridized carbons (Fsp3) is 0.452. The number of amides is 2. The van der Waals surface area contributed by atoms with Crippen molar-refractivity contribution in [3.63, 3.8) is 0 Å². The smallest absolute Gasteiger partial charge is 0.313 e. The zero-order valence-electron chi connectivity index (χ0n) is 22.1. The summed E-state index contributed by atoms with van der Waals surface area (Å²) in [6, 6.07) is 13.0. The Morgan fingerprint density at radius 1 is 0.949 bits per heavy atom. The Hall–Kier alpha value is -3.49. The molecule has 4 aliphatic rings. The van der Waals surface area contributed by atoms with E-state index in [0.717, 1.165) is 22.9 Å². The number of carbonyl (C=O) groups is 3. The molecule has 2 aromatic carbocycles. The minimum absolute atomic E-state index is 0.0725. The van der Waals surface area contributed by atoms with Crippen LogP contribution in [0.2, 0.25) is 0 Å². The number of hydrogen-bond donors (Lipinski definition) is 1. The summed E-state index contributed by atoms with van der Waals surface area (Å²) in [6.07, 6.45) is 10.1. The molecule has 0 aliphatic carbocycles. The Morgan fingerprint density at radius 3 is 2.59 bits per heavy atom. The SMILES string of the molecule is C[C@]12C=CCCOC(=O)[C@H]1[C@H]1C(=O)N(CCCCCO)C3C(=O)N(c4ccc5ccccc5c4)CC=C[C@@]31O2. The molecule has 1 N–H and O–H groups in total. The molecule has 8 nitrogen and oxygen atoms in total. The molecule has 5 atom stereocenters. The maximum atomic E-state index is 14.5. The molecule has 204 valence electrons. The molecule has 8 heteroatoms. The quantitative estimate of drug-likeness (QED) is 0.350. The van der Waals surface area contributed by atoms with Crippen LogP contribution in [0.3, 0.4) is 0 Å². The van der Waals surface area contributed by atoms with Gasteiger partial charge in [0.15, 0.2) is 0 Å². The molecular weight excluding hydrogens is 496 g/mol. The summed E-state index contributed by atoms with van der Waals surface area (Å²) < 4.78 is 12.3. The first-order valence-corrected chi connectivity index (χ1v) is 13.8. The number of nitrogens with zero attached hydrogens (tertiary/aromatic N) is 2. The lowest BCUT2D eigenvalue weighted by atomic mass is 9.74. The highest BCUT2D eigenvalue weighted by Crippen LogP contribution is 2.57. The molecule has 39 heavy (non-hydrogen) atoms. The molecule has 2 amide bonds. The first-order valence-electron chi connectivity index (χ1n) is 13.8. The van der Waals surface area contributed by atoms with Gasteiger partial charge in [0.1, 0.15) is 17.6 Å². The van der Waals surface area contributed by atoms with Gasteiger partial charge in [-0.3, -0.25) is 14.4 Å². The Labute approximate surface area is 227 Å². The fourth-order valence-corrected chi connectivity index (χ4v) is 6.87. The maximum Gasteiger partial charge on any atom is 0.313 e. The van der Waals surface area contributed by atoms with Crippen molar-refractivity contribution >= 4 is 34.2 Å². The largest absolute Gasteiger partial charge is 0.465 e. The van der Waals surface area contributed by atoms with E-state index in [1.807, 2.05) is 73.7 Å². The van der Waals surface area contributed by atoms with Crippen LogP contribution in [-0.2, 0) is 23.9 Å². The number of hydrogen-bond acceptors (Lipinski definition) is 6. The molecule has 1 spiro atoms. The molecule has 0 aromatic heterocycles. The summed E-state index contributed by atoms with van der Waals surface area (Å²) >= 11 is 0. The second kappa shape index (κ2) is 9.92. The van der Waals surface area contributed by atoms with Crippen LogP contribution >= 0.6 is 0 Å². The molecule has 2 saturated heterocycles. The van der Waals surface area contributed by atoms with E-state index in [-0.39, 0.29) is 25.0 Å². The number of rotatable bonds is 6. The van der Waals surface area contributed by atoms with Gasteiger partial charge in [-0.1, -0.05) is 54.6 Å². The van der Waals surface area contributed by atoms with Crippen LogP contribution in [0.4, 0.5) is 5.69 Å². The first kappa shape index (κ1) is 25.8. The monoisotopic (exact) mass is 530 g/mol. The van der Waals surface area contributed by atoms with Crippen LogP contribution in [0.15, 0.2) is 66.8 Å². The number of fused-ring (bicyclic) bond motifs is 3. The van der Waals surface area contributed by atoms with E-state index >= 15 is 0 Å². The van der Waals surface area contributed by atoms with Crippen molar-refractivity contribution in [2.24, 2.45) is 11.8 Å². The highest BCUT2D eigenvalue weighted by atomic mass is 16.6. The molecule has 4 heterocycles. The minimum atomic E-state index is -1.30. The first-order chi connectivity index (χ1) is 18.9. The molecule has 2 fully saturated rings. The van der Waals surface area contributed by atoms with Crippen LogP contribution in [0.1, 0.15) is 32.6 Å². The number of aliphatic hydroxyl groups excluding tert-OH is 1. The zero-order chi connectivity index (χ0) is 27.2. The molecule has 0 saturated carbocycles. The van der Waals surface area contributed by atoms with Gasteiger partial charge in [0.2, 0.25) is 5.91 Å². The number of unbranched alkanes of at least 4 members (excludes halogenated alkanes) is 2. The second-order valence-corrected chi connectivity index (χ2v) is 11.1. The van der Waals surface area contributed by atoms with Crippen molar-refractivity contribution in [3.8, 4) is 0 Å². The third-order valence-corrected chi connectivity index (χ3v) is 8.62. The predicted molar refractivity (Wildman–Crippen MR) is 146 cm³/mol. The molecule has 2 aromatic rings. The van der Waals surface area contributed by atoms with Gasteiger partial charge in [-0.2, -0.15) is 0 Å². The summed E-state index contributed by atoms with van der Waals surface area (Å²) in [5, 5.41) is 11.3. The van der Waals surface area contributed by atoms with Crippen LogP contribution in [-0.4, -0.2) is 71.3 Å². The van der Waals surface area contributed by atoms with Gasteiger partial charge in [-0.15, -0.1) is 0 Å². The number of cyclic esters (lactones) is 1. The number of likely N-dealkylation sites (tertiary alicyclic amines) is 1. The average molecular weight is 531 g/mol. The minimum Gasteiger partial charge on any atom is -0.465 e. The van der Waals surface area contributed by atoms with Crippen molar-refractivity contribution in [1.29, 1.82) is 0 Å². The Kier molecular flexibility index (Phi) is 6.55. The molecule has 0 bridgehead atoms. The van der Waals surface area contributed by atoms with Gasteiger partial charge in [-0.05, 0) is 55.5 Å². The fourth-order valence-electron chi connectivity index (χ4n) is 6.87. The lowest BCUT2D eigenvalue weighted by Crippen LogP contribution is -2.56. The van der Waals surface area contributed by atoms with Crippen molar-refractivity contribution in [2.75, 3.05) is 31.2 Å². The average Bonchev–Trinajstić information content (AvgIpc) is 3.24. The third-order valence-electron chi connectivity index (χ3n) is 8.62. The van der Waals surface area contributed by atoms with E-state index in [1.54, 1.807) is 9.80 Å². The highest BCUT2D eigenvalue weighted by molar-refractivity contribution is 6.06. The summed E-state index contributed by atoms with van der Waals surface area (Å²) in [4.78, 5) is 45.4. The lowest BCUT2D eigenvalue weighted by Gasteiger charge is -2.37. The molecule has 1 unspecified atom stereocenters. The summed E-state index contributed by atoms with van der Waals surface area (Å²) in [7, 11) is 0. The van der Waals surface area contributed by atoms with Crippen LogP contribution in [0.5, 0.6) is 0 Å². The van der Waals surface area contributed by atoms with Crippen LogP contribution < -0.4 is 4.90 Å². The summed E-state index contributed by atoms with van der Waals surface area (Å²) in [5.74, 6) is -2.70. The standard InChI is InChI=1S/C31H34N2O6/c1-30-14-5-8-19-38-29(37)25(30)24-27(35)33(16-6-2-7-18-34)26-28(36)32(17-9-15-31(24,26)39-30)23-13-12-21-10-3-4-11-22(21)20-23/h3-5,9-15,20,24-26,34H,2,6-8,16-19H2,1H3/t24-,25+,26?,30-,31-/m0/s1. The summed E-state index contributed by atoms with van der Waals surface area (Å²) in [6.45, 7) is 2.79. The van der Waals surface area contributed by atoms with Crippen LogP contribution in [0.25, 0.3) is 10.8 Å². The van der Waals surface area contributed by atoms with Gasteiger partial charge in [0.25, 0.3) is 5.91 Å². The van der Waals surface area contributed by atoms with E-state index in [4.69, 9.17) is 9.47 Å². The Balaban J connectivity index is 1.44. The number of carbonyl (C=O) groups excluding carboxylic acids is 3. The van der Waals surface area contributed by atoms with Gasteiger partial charge in [-0.25, -0.2) is 0 Å². The van der Waals surface area contributed by atoms with Crippen molar-refractivity contribution in [2.45, 2.75) is 49.9 Å². The lowest BCUT2D eigenvalue weighted by molar-refractivity contribution is -0.159. The van der Waals surface area contributed by atoms with E-state index in [9.17, 15) is 19.5 Å². The number of esters is 1. The summed E-state index contributed by atoms with van der Waals surface area (Å²) in [5.41, 5.74) is -1.64. The normalized spacial score (nSPS) is 31.9. The van der Waals surface area contributed by atoms with Crippen molar-refractivity contribution in [3.05, 3.63) is 66.8 Å². The van der Waals surface area contributed by atoms with E-state index in [1.165, 1.54) is 0 Å².